The van der Waals surface area contributed by atoms with E-state index in [1.54, 1.807) is 36.3 Å². The number of methoxy groups -OCH3 is 1. The summed E-state index contributed by atoms with van der Waals surface area (Å²) in [6.45, 7) is 0. The van der Waals surface area contributed by atoms with Crippen LogP contribution in [0.1, 0.15) is 22.6 Å². The van der Waals surface area contributed by atoms with Gasteiger partial charge in [0.2, 0.25) is 5.91 Å². The van der Waals surface area contributed by atoms with Gasteiger partial charge in [0.05, 0.1) is 12.7 Å². The molecule has 0 bridgehead atoms. The number of benzene rings is 3. The number of alkyl halides is 3. The minimum atomic E-state index is -4.42. The number of carbonyl (C=O) groups is 1. The van der Waals surface area contributed by atoms with Gasteiger partial charge in [-0.25, -0.2) is 0 Å². The number of β-lactam (4-membered cyclic amide) rings is 1. The average Bonchev–Trinajstić information content (AvgIpc) is 2.74. The molecular weight excluding hydrogens is 391 g/mol. The van der Waals surface area contributed by atoms with Gasteiger partial charge in [0.1, 0.15) is 11.7 Å². The number of hydrogen-bond acceptors (Lipinski definition) is 2. The van der Waals surface area contributed by atoms with Crippen molar-refractivity contribution in [3.63, 3.8) is 0 Å². The topological polar surface area (TPSA) is 29.5 Å². The minimum absolute atomic E-state index is 0.192. The highest BCUT2D eigenvalue weighted by atomic mass is 19.4. The summed E-state index contributed by atoms with van der Waals surface area (Å²) in [6, 6.07) is 21.3. The Labute approximate surface area is 172 Å². The fourth-order valence-corrected chi connectivity index (χ4v) is 3.50. The van der Waals surface area contributed by atoms with Gasteiger partial charge >= 0.3 is 6.18 Å². The molecule has 3 aromatic carbocycles. The van der Waals surface area contributed by atoms with E-state index in [4.69, 9.17) is 4.74 Å². The van der Waals surface area contributed by atoms with Crippen LogP contribution in [0.5, 0.6) is 5.75 Å². The maximum Gasteiger partial charge on any atom is 0.416 e. The summed E-state index contributed by atoms with van der Waals surface area (Å²) >= 11 is 0. The Morgan fingerprint density at radius 3 is 2.10 bits per heavy atom. The van der Waals surface area contributed by atoms with Crippen molar-refractivity contribution in [3.05, 3.63) is 101 Å². The van der Waals surface area contributed by atoms with Gasteiger partial charge in [-0.05, 0) is 53.6 Å². The van der Waals surface area contributed by atoms with Crippen LogP contribution in [0, 0.1) is 0 Å². The van der Waals surface area contributed by atoms with Gasteiger partial charge in [-0.15, -0.1) is 0 Å². The Bertz CT molecular complexity index is 1070. The molecule has 1 fully saturated rings. The quantitative estimate of drug-likeness (QED) is 0.503. The molecule has 1 aliphatic heterocycles. The monoisotopic (exact) mass is 409 g/mol. The zero-order valence-corrected chi connectivity index (χ0v) is 16.1. The predicted molar refractivity (Wildman–Crippen MR) is 109 cm³/mol. The van der Waals surface area contributed by atoms with Crippen molar-refractivity contribution in [1.29, 1.82) is 0 Å². The van der Waals surface area contributed by atoms with Gasteiger partial charge in [-0.2, -0.15) is 13.2 Å². The van der Waals surface area contributed by atoms with Crippen LogP contribution in [0.4, 0.5) is 18.9 Å². The van der Waals surface area contributed by atoms with Gasteiger partial charge in [-0.1, -0.05) is 42.5 Å². The molecule has 1 saturated heterocycles. The molecule has 0 aliphatic carbocycles. The highest BCUT2D eigenvalue weighted by molar-refractivity contribution is 6.13. The Balaban J connectivity index is 1.72. The SMILES string of the molecule is COc1ccc(N2C(=O)[C@H](c3ccc(C(F)(F)F)cc3)/C2=C\c2ccccc2)cc1. The van der Waals surface area contributed by atoms with Gasteiger partial charge in [-0.3, -0.25) is 9.69 Å². The number of amides is 1. The van der Waals surface area contributed by atoms with Crippen LogP contribution < -0.4 is 9.64 Å². The molecule has 1 atom stereocenters. The lowest BCUT2D eigenvalue weighted by Crippen LogP contribution is -2.48. The summed E-state index contributed by atoms with van der Waals surface area (Å²) in [5, 5.41) is 0. The van der Waals surface area contributed by atoms with Crippen molar-refractivity contribution < 1.29 is 22.7 Å². The second-order valence-corrected chi connectivity index (χ2v) is 6.90. The standard InChI is InChI=1S/C24H18F3NO2/c1-30-20-13-11-19(12-14-20)28-21(15-16-5-3-2-4-6-16)22(23(28)29)17-7-9-18(10-8-17)24(25,26)27/h2-15,22H,1H3/b21-15+/t22-/m1/s1. The zero-order chi connectivity index (χ0) is 21.3. The molecule has 3 nitrogen and oxygen atoms in total. The highest BCUT2D eigenvalue weighted by Gasteiger charge is 2.44. The lowest BCUT2D eigenvalue weighted by atomic mass is 9.84. The van der Waals surface area contributed by atoms with Gasteiger partial charge in [0.15, 0.2) is 0 Å². The summed E-state index contributed by atoms with van der Waals surface area (Å²) in [4.78, 5) is 14.6. The Kier molecular flexibility index (Phi) is 5.08. The molecule has 152 valence electrons. The van der Waals surface area contributed by atoms with E-state index < -0.39 is 17.7 Å². The summed E-state index contributed by atoms with van der Waals surface area (Å²) in [7, 11) is 1.56. The van der Waals surface area contributed by atoms with E-state index in [2.05, 4.69) is 0 Å². The minimum Gasteiger partial charge on any atom is -0.497 e. The van der Waals surface area contributed by atoms with E-state index in [0.717, 1.165) is 17.7 Å². The third-order valence-corrected chi connectivity index (χ3v) is 5.04. The third kappa shape index (κ3) is 3.68. The number of hydrogen-bond donors (Lipinski definition) is 0. The maximum atomic E-state index is 13.0. The van der Waals surface area contributed by atoms with E-state index in [1.807, 2.05) is 36.4 Å². The summed E-state index contributed by atoms with van der Waals surface area (Å²) in [5.74, 6) is -0.156. The van der Waals surface area contributed by atoms with E-state index in [1.165, 1.54) is 12.1 Å². The van der Waals surface area contributed by atoms with Crippen LogP contribution >= 0.6 is 0 Å². The second kappa shape index (κ2) is 7.71. The average molecular weight is 409 g/mol. The first-order chi connectivity index (χ1) is 14.4. The van der Waals surface area contributed by atoms with E-state index in [-0.39, 0.29) is 5.91 Å². The van der Waals surface area contributed by atoms with Crippen molar-refractivity contribution >= 4 is 17.7 Å². The first kappa shape index (κ1) is 19.8. The first-order valence-corrected chi connectivity index (χ1v) is 9.30. The van der Waals surface area contributed by atoms with Gasteiger partial charge < -0.3 is 4.74 Å². The number of carbonyl (C=O) groups excluding carboxylic acids is 1. The molecule has 0 radical (unpaired) electrons. The molecule has 1 heterocycles. The maximum absolute atomic E-state index is 13.0. The Hall–Kier alpha value is -3.54. The molecule has 1 aliphatic rings. The number of nitrogens with zero attached hydrogens (tertiary/aromatic N) is 1. The number of halogens is 3. The molecule has 6 heteroatoms. The molecule has 0 N–H and O–H groups in total. The van der Waals surface area contributed by atoms with Crippen LogP contribution in [0.2, 0.25) is 0 Å². The first-order valence-electron chi connectivity index (χ1n) is 9.30. The number of ether oxygens (including phenoxy) is 1. The van der Waals surface area contributed by atoms with Crippen LogP contribution in [0.15, 0.2) is 84.6 Å². The van der Waals surface area contributed by atoms with Crippen molar-refractivity contribution in [2.45, 2.75) is 12.1 Å². The summed E-state index contributed by atoms with van der Waals surface area (Å²) in [5.41, 5.74) is 2.07. The predicted octanol–water partition coefficient (Wildman–Crippen LogP) is 5.89. The molecule has 0 unspecified atom stereocenters. The zero-order valence-electron chi connectivity index (χ0n) is 16.1. The van der Waals surface area contributed by atoms with Crippen LogP contribution in [0.3, 0.4) is 0 Å². The fourth-order valence-electron chi connectivity index (χ4n) is 3.50. The third-order valence-electron chi connectivity index (χ3n) is 5.04. The Morgan fingerprint density at radius 1 is 0.900 bits per heavy atom. The number of anilines is 1. The molecule has 30 heavy (non-hydrogen) atoms. The Morgan fingerprint density at radius 2 is 1.53 bits per heavy atom. The molecular formula is C24H18F3NO2. The van der Waals surface area contributed by atoms with Crippen LogP contribution in [-0.4, -0.2) is 13.0 Å². The second-order valence-electron chi connectivity index (χ2n) is 6.90. The normalized spacial score (nSPS) is 17.7. The van der Waals surface area contributed by atoms with Gasteiger partial charge in [0.25, 0.3) is 0 Å². The van der Waals surface area contributed by atoms with E-state index >= 15 is 0 Å². The molecule has 4 rings (SSSR count). The smallest absolute Gasteiger partial charge is 0.416 e. The van der Waals surface area contributed by atoms with Crippen LogP contribution in [0.25, 0.3) is 6.08 Å². The lowest BCUT2D eigenvalue weighted by molar-refractivity contribution is -0.137. The van der Waals surface area contributed by atoms with Gasteiger partial charge in [0, 0.05) is 11.4 Å². The molecule has 3 aromatic rings. The summed E-state index contributed by atoms with van der Waals surface area (Å²) < 4.78 is 43.9. The molecule has 0 aromatic heterocycles. The highest BCUT2D eigenvalue weighted by Crippen LogP contribution is 2.44. The van der Waals surface area contributed by atoms with Crippen molar-refractivity contribution in [3.8, 4) is 5.75 Å². The van der Waals surface area contributed by atoms with Crippen molar-refractivity contribution in [2.75, 3.05) is 12.0 Å². The number of rotatable bonds is 4. The largest absolute Gasteiger partial charge is 0.497 e. The molecule has 0 saturated carbocycles. The lowest BCUT2D eigenvalue weighted by Gasteiger charge is -2.42. The summed E-state index contributed by atoms with van der Waals surface area (Å²) in [6.07, 6.45) is -2.53. The van der Waals surface area contributed by atoms with E-state index in [9.17, 15) is 18.0 Å². The van der Waals surface area contributed by atoms with Crippen LogP contribution in [-0.2, 0) is 11.0 Å². The fraction of sp³-hybridized carbons (Fsp3) is 0.125. The van der Waals surface area contributed by atoms with Crippen molar-refractivity contribution in [2.24, 2.45) is 0 Å². The molecule has 0 spiro atoms. The molecule has 1 amide bonds. The van der Waals surface area contributed by atoms with E-state index in [0.29, 0.717) is 22.7 Å². The van der Waals surface area contributed by atoms with Crippen molar-refractivity contribution in [1.82, 2.24) is 0 Å².